The maximum absolute atomic E-state index is 11.8. The van der Waals surface area contributed by atoms with Crippen LogP contribution in [0.5, 0.6) is 5.75 Å². The number of aliphatic hydroxyl groups excluding tert-OH is 1. The van der Waals surface area contributed by atoms with Crippen LogP contribution in [0.1, 0.15) is 16.8 Å². The molecular formula is C12H14N2O5. The molecular weight excluding hydrogens is 252 g/mol. The van der Waals surface area contributed by atoms with Gasteiger partial charge in [-0.15, -0.1) is 0 Å². The van der Waals surface area contributed by atoms with Gasteiger partial charge in [-0.2, -0.15) is 0 Å². The van der Waals surface area contributed by atoms with E-state index in [1.54, 1.807) is 0 Å². The number of carbonyl (C=O) groups excluding carboxylic acids is 1. The number of aromatic carboxylic acids is 1. The first-order valence-corrected chi connectivity index (χ1v) is 5.76. The van der Waals surface area contributed by atoms with Crippen LogP contribution in [0.4, 0.5) is 5.69 Å². The number of nitrogens with one attached hydrogen (secondary N) is 2. The second-order valence-corrected chi connectivity index (χ2v) is 4.38. The number of benzene rings is 1. The summed E-state index contributed by atoms with van der Waals surface area (Å²) in [5.41, 5.74) is 0.0723. The zero-order valence-electron chi connectivity index (χ0n) is 9.96. The van der Waals surface area contributed by atoms with E-state index in [0.717, 1.165) is 0 Å². The summed E-state index contributed by atoms with van der Waals surface area (Å²) in [6.07, 6.45) is -0.219. The number of amides is 1. The van der Waals surface area contributed by atoms with Gasteiger partial charge < -0.3 is 26.0 Å². The molecule has 1 aromatic rings. The first-order chi connectivity index (χ1) is 8.97. The molecule has 1 aromatic carbocycles. The van der Waals surface area contributed by atoms with Gasteiger partial charge in [0.2, 0.25) is 5.91 Å². The molecule has 1 aliphatic heterocycles. The number of carbonyl (C=O) groups is 2. The highest BCUT2D eigenvalue weighted by molar-refractivity contribution is 5.97. The van der Waals surface area contributed by atoms with E-state index in [0.29, 0.717) is 18.7 Å². The molecule has 2 atom stereocenters. The van der Waals surface area contributed by atoms with Crippen molar-refractivity contribution in [2.24, 2.45) is 0 Å². The van der Waals surface area contributed by atoms with Crippen LogP contribution in [0, 0.1) is 0 Å². The molecule has 102 valence electrons. The molecule has 2 unspecified atom stereocenters. The van der Waals surface area contributed by atoms with Gasteiger partial charge in [-0.3, -0.25) is 4.79 Å². The fraction of sp³-hybridized carbons (Fsp3) is 0.333. The number of β-amino-alcohol motifs (C(OH)–C–C–N with tert-alkyl or cyclic N) is 1. The van der Waals surface area contributed by atoms with E-state index in [1.165, 1.54) is 18.2 Å². The topological polar surface area (TPSA) is 119 Å². The summed E-state index contributed by atoms with van der Waals surface area (Å²) in [6.45, 7) is 0.362. The van der Waals surface area contributed by atoms with E-state index in [9.17, 15) is 19.8 Å². The van der Waals surface area contributed by atoms with Gasteiger partial charge in [0, 0.05) is 18.3 Å². The van der Waals surface area contributed by atoms with Crippen molar-refractivity contribution in [2.75, 3.05) is 11.9 Å². The largest absolute Gasteiger partial charge is 0.507 e. The predicted molar refractivity (Wildman–Crippen MR) is 66.1 cm³/mol. The minimum absolute atomic E-state index is 0.229. The van der Waals surface area contributed by atoms with Crippen LogP contribution >= 0.6 is 0 Å². The molecule has 7 nitrogen and oxygen atoms in total. The fourth-order valence-electron chi connectivity index (χ4n) is 1.94. The van der Waals surface area contributed by atoms with E-state index in [4.69, 9.17) is 5.11 Å². The molecule has 1 aliphatic rings. The second-order valence-electron chi connectivity index (χ2n) is 4.38. The van der Waals surface area contributed by atoms with Gasteiger partial charge in [0.05, 0.1) is 12.1 Å². The van der Waals surface area contributed by atoms with Crippen LogP contribution in [0.15, 0.2) is 18.2 Å². The third-order valence-corrected chi connectivity index (χ3v) is 2.92. The molecule has 0 aromatic heterocycles. The number of hydrogen-bond acceptors (Lipinski definition) is 5. The van der Waals surface area contributed by atoms with E-state index in [1.807, 2.05) is 0 Å². The number of hydrogen-bond donors (Lipinski definition) is 5. The first-order valence-electron chi connectivity index (χ1n) is 5.76. The number of aliphatic hydroxyl groups is 1. The third kappa shape index (κ3) is 3.01. The Labute approximate surface area is 108 Å². The minimum atomic E-state index is -1.24. The number of carboxylic acids is 1. The molecule has 0 saturated carbocycles. The summed E-state index contributed by atoms with van der Waals surface area (Å²) in [6, 6.07) is 3.29. The van der Waals surface area contributed by atoms with Crippen LogP contribution in [0.2, 0.25) is 0 Å². The van der Waals surface area contributed by atoms with Crippen LogP contribution in [-0.2, 0) is 4.79 Å². The summed E-state index contributed by atoms with van der Waals surface area (Å²) in [5.74, 6) is -1.99. The quantitative estimate of drug-likeness (QED) is 0.515. The van der Waals surface area contributed by atoms with Crippen molar-refractivity contribution in [3.63, 3.8) is 0 Å². The average molecular weight is 266 g/mol. The number of carboxylic acid groups (broad SMARTS) is 1. The molecule has 0 spiro atoms. The van der Waals surface area contributed by atoms with Crippen LogP contribution < -0.4 is 10.6 Å². The first kappa shape index (κ1) is 13.3. The molecule has 1 fully saturated rings. The highest BCUT2D eigenvalue weighted by Crippen LogP contribution is 2.22. The van der Waals surface area contributed by atoms with Gasteiger partial charge in [0.1, 0.15) is 11.3 Å². The smallest absolute Gasteiger partial charge is 0.339 e. The summed E-state index contributed by atoms with van der Waals surface area (Å²) >= 11 is 0. The molecule has 0 bridgehead atoms. The van der Waals surface area contributed by atoms with Gasteiger partial charge in [-0.1, -0.05) is 0 Å². The van der Waals surface area contributed by atoms with Crippen molar-refractivity contribution < 1.29 is 24.9 Å². The lowest BCUT2D eigenvalue weighted by molar-refractivity contribution is -0.117. The lowest BCUT2D eigenvalue weighted by Crippen LogP contribution is -2.35. The molecule has 5 N–H and O–H groups in total. The second kappa shape index (κ2) is 5.25. The third-order valence-electron chi connectivity index (χ3n) is 2.92. The zero-order chi connectivity index (χ0) is 14.0. The van der Waals surface area contributed by atoms with Crippen molar-refractivity contribution in [2.45, 2.75) is 18.6 Å². The molecule has 1 amide bonds. The highest BCUT2D eigenvalue weighted by Gasteiger charge is 2.28. The number of phenols is 1. The number of anilines is 1. The Kier molecular flexibility index (Phi) is 3.68. The van der Waals surface area contributed by atoms with E-state index >= 15 is 0 Å². The molecule has 1 saturated heterocycles. The monoisotopic (exact) mass is 266 g/mol. The molecule has 0 aliphatic carbocycles. The Morgan fingerprint density at radius 1 is 1.37 bits per heavy atom. The van der Waals surface area contributed by atoms with Crippen molar-refractivity contribution in [3.8, 4) is 5.75 Å². The van der Waals surface area contributed by atoms with Gasteiger partial charge >= 0.3 is 5.97 Å². The lowest BCUT2D eigenvalue weighted by atomic mass is 10.1. The number of aromatic hydroxyl groups is 1. The van der Waals surface area contributed by atoms with Crippen LogP contribution in [0.3, 0.4) is 0 Å². The minimum Gasteiger partial charge on any atom is -0.507 e. The predicted octanol–water partition coefficient (Wildman–Crippen LogP) is -0.248. The van der Waals surface area contributed by atoms with Crippen molar-refractivity contribution in [1.29, 1.82) is 0 Å². The molecule has 1 heterocycles. The summed E-state index contributed by atoms with van der Waals surface area (Å²) in [5, 5.41) is 33.0. The van der Waals surface area contributed by atoms with Gasteiger partial charge in [0.15, 0.2) is 0 Å². The maximum atomic E-state index is 11.8. The van der Waals surface area contributed by atoms with Gasteiger partial charge in [-0.25, -0.2) is 4.79 Å². The molecule has 2 rings (SSSR count). The van der Waals surface area contributed by atoms with Gasteiger partial charge in [0.25, 0.3) is 0 Å². The Bertz CT molecular complexity index is 517. The van der Waals surface area contributed by atoms with Crippen LogP contribution in [-0.4, -0.2) is 45.9 Å². The van der Waals surface area contributed by atoms with E-state index in [2.05, 4.69) is 10.6 Å². The highest BCUT2D eigenvalue weighted by atomic mass is 16.4. The maximum Gasteiger partial charge on any atom is 0.339 e. The molecule has 19 heavy (non-hydrogen) atoms. The molecule has 7 heteroatoms. The Morgan fingerprint density at radius 3 is 2.63 bits per heavy atom. The Morgan fingerprint density at radius 2 is 2.11 bits per heavy atom. The SMILES string of the molecule is O=C(O)c1ccc(NC(=O)C2CC(O)CN2)cc1O. The van der Waals surface area contributed by atoms with Crippen molar-refractivity contribution >= 4 is 17.6 Å². The summed E-state index contributed by atoms with van der Waals surface area (Å²) in [4.78, 5) is 22.5. The summed E-state index contributed by atoms with van der Waals surface area (Å²) < 4.78 is 0. The Balaban J connectivity index is 2.05. The van der Waals surface area contributed by atoms with E-state index in [-0.39, 0.29) is 11.5 Å². The molecule has 0 radical (unpaired) electrons. The normalized spacial score (nSPS) is 22.2. The van der Waals surface area contributed by atoms with Crippen molar-refractivity contribution in [3.05, 3.63) is 23.8 Å². The fourth-order valence-corrected chi connectivity index (χ4v) is 1.94. The lowest BCUT2D eigenvalue weighted by Gasteiger charge is -2.11. The van der Waals surface area contributed by atoms with E-state index < -0.39 is 23.9 Å². The van der Waals surface area contributed by atoms with Crippen molar-refractivity contribution in [1.82, 2.24) is 5.32 Å². The average Bonchev–Trinajstić information content (AvgIpc) is 2.75. The number of rotatable bonds is 3. The zero-order valence-corrected chi connectivity index (χ0v) is 9.96. The summed E-state index contributed by atoms with van der Waals surface area (Å²) in [7, 11) is 0. The van der Waals surface area contributed by atoms with Gasteiger partial charge in [-0.05, 0) is 18.6 Å². The standard InChI is InChI=1S/C12H14N2O5/c15-7-4-9(13-5-7)11(17)14-6-1-2-8(12(18)19)10(16)3-6/h1-3,7,9,13,15-16H,4-5H2,(H,14,17)(H,18,19). The Hall–Kier alpha value is -2.12. The van der Waals surface area contributed by atoms with Crippen LogP contribution in [0.25, 0.3) is 0 Å².